The van der Waals surface area contributed by atoms with E-state index in [0.717, 1.165) is 62.5 Å². The standard InChI is InChI=1S/C22H29N5O2S.HI/c1-23-22(25-15-13-19-7-6-16-30-19)24-14-5-3-4-8-20-26-21(27-29-20)17-9-11-18(28-2)12-10-17;/h6-7,9-12,16H,3-5,8,13-15H2,1-2H3,(H2,23,24,25);1H. The van der Waals surface area contributed by atoms with E-state index in [1.165, 1.54) is 4.88 Å². The van der Waals surface area contributed by atoms with Crippen LogP contribution in [-0.2, 0) is 12.8 Å². The van der Waals surface area contributed by atoms with E-state index in [1.807, 2.05) is 24.3 Å². The van der Waals surface area contributed by atoms with Crippen molar-refractivity contribution < 1.29 is 9.26 Å². The number of nitrogens with one attached hydrogen (secondary N) is 2. The Labute approximate surface area is 204 Å². The van der Waals surface area contributed by atoms with Gasteiger partial charge >= 0.3 is 0 Å². The Morgan fingerprint density at radius 2 is 1.87 bits per heavy atom. The first-order valence-corrected chi connectivity index (χ1v) is 11.1. The number of thiophene rings is 1. The van der Waals surface area contributed by atoms with Crippen molar-refractivity contribution in [2.24, 2.45) is 4.99 Å². The summed E-state index contributed by atoms with van der Waals surface area (Å²) < 4.78 is 10.5. The Morgan fingerprint density at radius 1 is 1.06 bits per heavy atom. The monoisotopic (exact) mass is 555 g/mol. The Balaban J connectivity index is 0.00000341. The smallest absolute Gasteiger partial charge is 0.226 e. The van der Waals surface area contributed by atoms with Crippen LogP contribution in [0, 0.1) is 0 Å². The van der Waals surface area contributed by atoms with Crippen molar-refractivity contribution in [2.45, 2.75) is 32.1 Å². The highest BCUT2D eigenvalue weighted by atomic mass is 127. The molecule has 3 aromatic rings. The van der Waals surface area contributed by atoms with Gasteiger partial charge in [-0.1, -0.05) is 17.6 Å². The van der Waals surface area contributed by atoms with E-state index in [9.17, 15) is 0 Å². The Bertz CT molecular complexity index is 897. The summed E-state index contributed by atoms with van der Waals surface area (Å²) in [6.45, 7) is 1.77. The second-order valence-electron chi connectivity index (χ2n) is 6.81. The first-order valence-electron chi connectivity index (χ1n) is 10.2. The van der Waals surface area contributed by atoms with Crippen LogP contribution in [0.25, 0.3) is 11.4 Å². The summed E-state index contributed by atoms with van der Waals surface area (Å²) in [4.78, 5) is 10.1. The van der Waals surface area contributed by atoms with Crippen LogP contribution in [0.15, 0.2) is 51.3 Å². The van der Waals surface area contributed by atoms with Crippen molar-refractivity contribution >= 4 is 41.3 Å². The first-order chi connectivity index (χ1) is 14.8. The van der Waals surface area contributed by atoms with Gasteiger partial charge in [-0.05, 0) is 55.0 Å². The SMILES string of the molecule is CN=C(NCCCCCc1nc(-c2ccc(OC)cc2)no1)NCCc1cccs1.I. The molecule has 168 valence electrons. The minimum absolute atomic E-state index is 0. The fraction of sp³-hybridized carbons (Fsp3) is 0.409. The van der Waals surface area contributed by atoms with E-state index in [2.05, 4.69) is 43.3 Å². The van der Waals surface area contributed by atoms with Gasteiger partial charge in [0.1, 0.15) is 5.75 Å². The van der Waals surface area contributed by atoms with E-state index in [-0.39, 0.29) is 24.0 Å². The maximum absolute atomic E-state index is 5.38. The fourth-order valence-corrected chi connectivity index (χ4v) is 3.69. The molecule has 2 N–H and O–H groups in total. The fourth-order valence-electron chi connectivity index (χ4n) is 2.98. The van der Waals surface area contributed by atoms with Crippen molar-refractivity contribution in [1.29, 1.82) is 0 Å². The van der Waals surface area contributed by atoms with Crippen molar-refractivity contribution in [3.63, 3.8) is 0 Å². The predicted molar refractivity (Wildman–Crippen MR) is 137 cm³/mol. The Morgan fingerprint density at radius 3 is 2.58 bits per heavy atom. The van der Waals surface area contributed by atoms with E-state index in [4.69, 9.17) is 9.26 Å². The number of aliphatic imine (C=N–C) groups is 1. The number of aromatic nitrogens is 2. The van der Waals surface area contributed by atoms with Gasteiger partial charge < -0.3 is 19.9 Å². The van der Waals surface area contributed by atoms with Crippen LogP contribution in [0.2, 0.25) is 0 Å². The third-order valence-corrected chi connectivity index (χ3v) is 5.58. The predicted octanol–water partition coefficient (Wildman–Crippen LogP) is 4.55. The molecule has 2 heterocycles. The molecule has 0 aliphatic heterocycles. The summed E-state index contributed by atoms with van der Waals surface area (Å²) in [5, 5.41) is 12.9. The first kappa shape index (κ1) is 25.1. The van der Waals surface area contributed by atoms with Gasteiger partial charge in [0.25, 0.3) is 0 Å². The zero-order valence-corrected chi connectivity index (χ0v) is 21.1. The summed E-state index contributed by atoms with van der Waals surface area (Å²) in [5.41, 5.74) is 0.924. The maximum Gasteiger partial charge on any atom is 0.226 e. The largest absolute Gasteiger partial charge is 0.497 e. The number of methoxy groups -OCH3 is 1. The molecule has 0 atom stereocenters. The van der Waals surface area contributed by atoms with Crippen LogP contribution < -0.4 is 15.4 Å². The summed E-state index contributed by atoms with van der Waals surface area (Å²) in [6.07, 6.45) is 4.96. The van der Waals surface area contributed by atoms with Crippen molar-refractivity contribution in [1.82, 2.24) is 20.8 Å². The molecule has 0 aliphatic rings. The lowest BCUT2D eigenvalue weighted by molar-refractivity contribution is 0.374. The third-order valence-electron chi connectivity index (χ3n) is 4.64. The van der Waals surface area contributed by atoms with Crippen molar-refractivity contribution in [2.75, 3.05) is 27.2 Å². The maximum atomic E-state index is 5.38. The molecule has 0 aliphatic carbocycles. The van der Waals surface area contributed by atoms with E-state index in [1.54, 1.807) is 25.5 Å². The van der Waals surface area contributed by atoms with Gasteiger partial charge in [0.2, 0.25) is 11.7 Å². The minimum atomic E-state index is 0. The van der Waals surface area contributed by atoms with Gasteiger partial charge in [-0.25, -0.2) is 0 Å². The van der Waals surface area contributed by atoms with Crippen LogP contribution in [0.5, 0.6) is 5.75 Å². The lowest BCUT2D eigenvalue weighted by Gasteiger charge is -2.11. The van der Waals surface area contributed by atoms with Gasteiger partial charge in [0.15, 0.2) is 5.96 Å². The van der Waals surface area contributed by atoms with Crippen LogP contribution >= 0.6 is 35.3 Å². The molecular weight excluding hydrogens is 525 g/mol. The normalized spacial score (nSPS) is 11.1. The van der Waals surface area contributed by atoms with Gasteiger partial charge in [-0.15, -0.1) is 35.3 Å². The molecule has 0 saturated carbocycles. The number of guanidine groups is 1. The van der Waals surface area contributed by atoms with E-state index >= 15 is 0 Å². The summed E-state index contributed by atoms with van der Waals surface area (Å²) in [7, 11) is 3.45. The highest BCUT2D eigenvalue weighted by Crippen LogP contribution is 2.20. The molecule has 3 rings (SSSR count). The average Bonchev–Trinajstić information content (AvgIpc) is 3.47. The van der Waals surface area contributed by atoms with Crippen LogP contribution in [0.3, 0.4) is 0 Å². The zero-order chi connectivity index (χ0) is 21.0. The number of halogens is 1. The number of aryl methyl sites for hydroxylation is 1. The molecule has 2 aromatic heterocycles. The molecule has 31 heavy (non-hydrogen) atoms. The molecule has 0 amide bonds. The van der Waals surface area contributed by atoms with Crippen LogP contribution in [-0.4, -0.2) is 43.3 Å². The highest BCUT2D eigenvalue weighted by molar-refractivity contribution is 14.0. The minimum Gasteiger partial charge on any atom is -0.497 e. The molecule has 0 spiro atoms. The molecule has 0 fully saturated rings. The lowest BCUT2D eigenvalue weighted by atomic mass is 10.2. The second-order valence-corrected chi connectivity index (χ2v) is 7.84. The zero-order valence-electron chi connectivity index (χ0n) is 18.0. The Kier molecular flexibility index (Phi) is 11.4. The van der Waals surface area contributed by atoms with E-state index in [0.29, 0.717) is 11.7 Å². The van der Waals surface area contributed by atoms with Gasteiger partial charge in [0.05, 0.1) is 7.11 Å². The van der Waals surface area contributed by atoms with Gasteiger partial charge in [0, 0.05) is 37.0 Å². The average molecular weight is 555 g/mol. The number of hydrogen-bond acceptors (Lipinski definition) is 6. The van der Waals surface area contributed by atoms with Gasteiger partial charge in [-0.3, -0.25) is 4.99 Å². The molecule has 0 saturated heterocycles. The number of nitrogens with zero attached hydrogens (tertiary/aromatic N) is 3. The number of ether oxygens (including phenoxy) is 1. The van der Waals surface area contributed by atoms with Crippen LogP contribution in [0.1, 0.15) is 30.0 Å². The summed E-state index contributed by atoms with van der Waals surface area (Å²) in [5.74, 6) is 2.96. The lowest BCUT2D eigenvalue weighted by Crippen LogP contribution is -2.38. The van der Waals surface area contributed by atoms with Crippen molar-refractivity contribution in [3.05, 3.63) is 52.5 Å². The number of unbranched alkanes of at least 4 members (excludes halogenated alkanes) is 2. The third kappa shape index (κ3) is 8.48. The number of benzene rings is 1. The molecule has 1 aromatic carbocycles. The number of hydrogen-bond donors (Lipinski definition) is 2. The molecule has 9 heteroatoms. The van der Waals surface area contributed by atoms with E-state index < -0.39 is 0 Å². The quantitative estimate of drug-likeness (QED) is 0.156. The molecule has 0 unspecified atom stereocenters. The van der Waals surface area contributed by atoms with Crippen molar-refractivity contribution in [3.8, 4) is 17.1 Å². The second kappa shape index (κ2) is 14.0. The topological polar surface area (TPSA) is 84.6 Å². The molecular formula is C22H30IN5O2S. The van der Waals surface area contributed by atoms with Gasteiger partial charge in [-0.2, -0.15) is 4.98 Å². The molecule has 0 bridgehead atoms. The number of rotatable bonds is 11. The summed E-state index contributed by atoms with van der Waals surface area (Å²) >= 11 is 1.79. The molecule has 0 radical (unpaired) electrons. The Hall–Kier alpha value is -2.14. The molecule has 7 nitrogen and oxygen atoms in total. The summed E-state index contributed by atoms with van der Waals surface area (Å²) in [6, 6.07) is 11.9. The van der Waals surface area contributed by atoms with Crippen LogP contribution in [0.4, 0.5) is 0 Å². The highest BCUT2D eigenvalue weighted by Gasteiger charge is 2.08.